The third-order valence-corrected chi connectivity index (χ3v) is 3.82. The van der Waals surface area contributed by atoms with Crippen LogP contribution in [0.1, 0.15) is 21.7 Å². The average molecular weight is 334 g/mol. The third kappa shape index (κ3) is 2.99. The fourth-order valence-electron chi connectivity index (χ4n) is 2.48. The van der Waals surface area contributed by atoms with Gasteiger partial charge in [-0.25, -0.2) is 4.98 Å². The molecule has 0 unspecified atom stereocenters. The minimum absolute atomic E-state index is 0.251. The van der Waals surface area contributed by atoms with Crippen LogP contribution in [0.15, 0.2) is 57.7 Å². The molecule has 1 aromatic carbocycles. The minimum atomic E-state index is -0.251. The van der Waals surface area contributed by atoms with E-state index in [1.54, 1.807) is 19.1 Å². The number of hydrogen-bond donors (Lipinski definition) is 1. The van der Waals surface area contributed by atoms with Gasteiger partial charge < -0.3 is 14.4 Å². The Balaban J connectivity index is 1.46. The zero-order valence-electron chi connectivity index (χ0n) is 13.4. The second-order valence-corrected chi connectivity index (χ2v) is 5.58. The van der Waals surface area contributed by atoms with Crippen LogP contribution in [0.5, 0.6) is 0 Å². The predicted octanol–water partition coefficient (Wildman–Crippen LogP) is 3.12. The van der Waals surface area contributed by atoms with Gasteiger partial charge in [0, 0.05) is 17.8 Å². The minimum Gasteiger partial charge on any atom is -0.356 e. The Hall–Kier alpha value is -3.48. The van der Waals surface area contributed by atoms with E-state index in [4.69, 9.17) is 9.05 Å². The van der Waals surface area contributed by atoms with Crippen molar-refractivity contribution in [3.63, 3.8) is 0 Å². The number of aryl methyl sites for hydroxylation is 1. The van der Waals surface area contributed by atoms with Gasteiger partial charge in [-0.15, -0.1) is 0 Å². The second kappa shape index (κ2) is 6.20. The number of fused-ring (bicyclic) bond motifs is 1. The van der Waals surface area contributed by atoms with Crippen LogP contribution in [0.2, 0.25) is 0 Å². The molecule has 1 N–H and O–H groups in total. The summed E-state index contributed by atoms with van der Waals surface area (Å²) in [5.41, 5.74) is 3.12. The highest BCUT2D eigenvalue weighted by atomic mass is 16.5. The van der Waals surface area contributed by atoms with E-state index in [2.05, 4.69) is 20.6 Å². The summed E-state index contributed by atoms with van der Waals surface area (Å²) in [5.74, 6) is 0.410. The maximum absolute atomic E-state index is 12.3. The molecule has 3 heterocycles. The summed E-state index contributed by atoms with van der Waals surface area (Å²) in [5, 5.41) is 11.3. The summed E-state index contributed by atoms with van der Waals surface area (Å²) in [7, 11) is 0. The number of carbonyl (C=O) groups excluding carboxylic acids is 1. The molecule has 4 rings (SSSR count). The van der Waals surface area contributed by atoms with Gasteiger partial charge in [-0.2, -0.15) is 0 Å². The van der Waals surface area contributed by atoms with E-state index in [9.17, 15) is 4.79 Å². The number of amides is 1. The van der Waals surface area contributed by atoms with Gasteiger partial charge in [-0.1, -0.05) is 40.6 Å². The molecule has 25 heavy (non-hydrogen) atoms. The van der Waals surface area contributed by atoms with Gasteiger partial charge in [-0.3, -0.25) is 4.79 Å². The molecule has 7 heteroatoms. The molecule has 0 radical (unpaired) electrons. The SMILES string of the molecule is Cc1noc2ncc(C(=O)NCc3cc(-c4ccccc4)on3)cc12. The Morgan fingerprint density at radius 2 is 1.96 bits per heavy atom. The van der Waals surface area contributed by atoms with Gasteiger partial charge in [0.05, 0.1) is 23.2 Å². The lowest BCUT2D eigenvalue weighted by molar-refractivity contribution is 0.0950. The first-order valence-electron chi connectivity index (χ1n) is 7.72. The summed E-state index contributed by atoms with van der Waals surface area (Å²) in [6.45, 7) is 2.06. The Morgan fingerprint density at radius 1 is 1.12 bits per heavy atom. The van der Waals surface area contributed by atoms with E-state index in [0.29, 0.717) is 28.4 Å². The van der Waals surface area contributed by atoms with Crippen molar-refractivity contribution in [2.45, 2.75) is 13.5 Å². The monoisotopic (exact) mass is 334 g/mol. The molecule has 0 atom stereocenters. The van der Waals surface area contributed by atoms with Crippen molar-refractivity contribution in [2.24, 2.45) is 0 Å². The number of rotatable bonds is 4. The lowest BCUT2D eigenvalue weighted by Gasteiger charge is -2.02. The zero-order valence-corrected chi connectivity index (χ0v) is 13.4. The smallest absolute Gasteiger partial charge is 0.257 e. The first-order valence-corrected chi connectivity index (χ1v) is 7.72. The van der Waals surface area contributed by atoms with Gasteiger partial charge in [0.25, 0.3) is 11.6 Å². The fraction of sp³-hybridized carbons (Fsp3) is 0.111. The number of aromatic nitrogens is 3. The van der Waals surface area contributed by atoms with Crippen LogP contribution in [0, 0.1) is 6.92 Å². The number of nitrogens with one attached hydrogen (secondary N) is 1. The quantitative estimate of drug-likeness (QED) is 0.616. The van der Waals surface area contributed by atoms with Crippen LogP contribution >= 0.6 is 0 Å². The topological polar surface area (TPSA) is 94.0 Å². The van der Waals surface area contributed by atoms with Gasteiger partial charge in [0.2, 0.25) is 0 Å². The molecule has 0 fully saturated rings. The Kier molecular flexibility index (Phi) is 3.74. The molecule has 7 nitrogen and oxygen atoms in total. The Bertz CT molecular complexity index is 1040. The number of benzene rings is 1. The normalized spacial score (nSPS) is 10.9. The molecule has 4 aromatic rings. The second-order valence-electron chi connectivity index (χ2n) is 5.58. The standard InChI is InChI=1S/C18H14N4O3/c1-11-15-7-13(9-20-18(15)25-21-11)17(23)19-10-14-8-16(24-22-14)12-5-3-2-4-6-12/h2-9H,10H2,1H3,(H,19,23). The van der Waals surface area contributed by atoms with Crippen molar-refractivity contribution in [2.75, 3.05) is 0 Å². The highest BCUT2D eigenvalue weighted by molar-refractivity contribution is 5.96. The third-order valence-electron chi connectivity index (χ3n) is 3.82. The molecule has 124 valence electrons. The molecule has 0 aliphatic carbocycles. The van der Waals surface area contributed by atoms with Crippen molar-refractivity contribution in [3.05, 3.63) is 65.6 Å². The Labute approximate surface area is 142 Å². The first kappa shape index (κ1) is 15.1. The van der Waals surface area contributed by atoms with E-state index in [1.807, 2.05) is 30.3 Å². The van der Waals surface area contributed by atoms with Gasteiger partial charge in [0.1, 0.15) is 5.69 Å². The molecule has 0 aliphatic rings. The molecular formula is C18H14N4O3. The van der Waals surface area contributed by atoms with Crippen molar-refractivity contribution >= 4 is 17.0 Å². The van der Waals surface area contributed by atoms with E-state index in [-0.39, 0.29) is 12.5 Å². The van der Waals surface area contributed by atoms with Crippen LogP contribution in [0.4, 0.5) is 0 Å². The molecule has 0 aliphatic heterocycles. The molecule has 3 aromatic heterocycles. The van der Waals surface area contributed by atoms with E-state index in [0.717, 1.165) is 10.9 Å². The van der Waals surface area contributed by atoms with Crippen LogP contribution in [0.3, 0.4) is 0 Å². The van der Waals surface area contributed by atoms with Gasteiger partial charge in [0.15, 0.2) is 5.76 Å². The van der Waals surface area contributed by atoms with Gasteiger partial charge >= 0.3 is 0 Å². The predicted molar refractivity (Wildman–Crippen MR) is 89.7 cm³/mol. The summed E-state index contributed by atoms with van der Waals surface area (Å²) in [6.07, 6.45) is 1.46. The number of pyridine rings is 1. The molecular weight excluding hydrogens is 320 g/mol. The van der Waals surface area contributed by atoms with Crippen LogP contribution in [-0.2, 0) is 6.54 Å². The van der Waals surface area contributed by atoms with Crippen molar-refractivity contribution in [3.8, 4) is 11.3 Å². The summed E-state index contributed by atoms with van der Waals surface area (Å²) in [6, 6.07) is 13.2. The number of nitrogens with zero attached hydrogens (tertiary/aromatic N) is 3. The van der Waals surface area contributed by atoms with Crippen LogP contribution < -0.4 is 5.32 Å². The van der Waals surface area contributed by atoms with Crippen molar-refractivity contribution in [1.82, 2.24) is 20.6 Å². The maximum Gasteiger partial charge on any atom is 0.257 e. The number of hydrogen-bond acceptors (Lipinski definition) is 6. The summed E-state index contributed by atoms with van der Waals surface area (Å²) < 4.78 is 10.4. The van der Waals surface area contributed by atoms with Crippen molar-refractivity contribution in [1.29, 1.82) is 0 Å². The summed E-state index contributed by atoms with van der Waals surface area (Å²) >= 11 is 0. The van der Waals surface area contributed by atoms with E-state index >= 15 is 0 Å². The number of carbonyl (C=O) groups is 1. The lowest BCUT2D eigenvalue weighted by atomic mass is 10.1. The lowest BCUT2D eigenvalue weighted by Crippen LogP contribution is -2.23. The summed E-state index contributed by atoms with van der Waals surface area (Å²) in [4.78, 5) is 16.4. The molecule has 0 bridgehead atoms. The van der Waals surface area contributed by atoms with E-state index in [1.165, 1.54) is 6.20 Å². The maximum atomic E-state index is 12.3. The van der Waals surface area contributed by atoms with Crippen LogP contribution in [-0.4, -0.2) is 21.2 Å². The molecule has 0 spiro atoms. The zero-order chi connectivity index (χ0) is 17.2. The Morgan fingerprint density at radius 3 is 2.80 bits per heavy atom. The molecule has 0 saturated heterocycles. The highest BCUT2D eigenvalue weighted by Crippen LogP contribution is 2.20. The van der Waals surface area contributed by atoms with E-state index < -0.39 is 0 Å². The largest absolute Gasteiger partial charge is 0.356 e. The average Bonchev–Trinajstić information content (AvgIpc) is 3.27. The van der Waals surface area contributed by atoms with Crippen molar-refractivity contribution < 1.29 is 13.8 Å². The molecule has 0 saturated carbocycles. The fourth-order valence-corrected chi connectivity index (χ4v) is 2.48. The first-order chi connectivity index (χ1) is 12.2. The van der Waals surface area contributed by atoms with Crippen LogP contribution in [0.25, 0.3) is 22.4 Å². The molecule has 1 amide bonds. The highest BCUT2D eigenvalue weighted by Gasteiger charge is 2.13. The van der Waals surface area contributed by atoms with Gasteiger partial charge in [-0.05, 0) is 13.0 Å².